The van der Waals surface area contributed by atoms with Gasteiger partial charge in [-0.25, -0.2) is 0 Å². The van der Waals surface area contributed by atoms with Gasteiger partial charge >= 0.3 is 0 Å². The van der Waals surface area contributed by atoms with Crippen molar-refractivity contribution in [2.45, 2.75) is 59.0 Å². The van der Waals surface area contributed by atoms with Crippen molar-refractivity contribution in [3.8, 4) is 0 Å². The fourth-order valence-corrected chi connectivity index (χ4v) is 6.74. The molecule has 4 rings (SSSR count). The summed E-state index contributed by atoms with van der Waals surface area (Å²) in [5, 5.41) is 10.9. The van der Waals surface area contributed by atoms with Crippen molar-refractivity contribution < 1.29 is 14.7 Å². The highest BCUT2D eigenvalue weighted by atomic mass is 16.3. The van der Waals surface area contributed by atoms with E-state index in [2.05, 4.69) is 20.8 Å². The number of allylic oxidation sites excluding steroid dienone is 2. The average Bonchev–Trinajstić information content (AvgIpc) is 2.46. The molecule has 0 saturated heterocycles. The largest absolute Gasteiger partial charge is 0.393 e. The van der Waals surface area contributed by atoms with Crippen LogP contribution in [0.4, 0.5) is 0 Å². The van der Waals surface area contributed by atoms with E-state index < -0.39 is 6.10 Å². The van der Waals surface area contributed by atoms with Crippen molar-refractivity contribution in [3.05, 3.63) is 11.6 Å². The van der Waals surface area contributed by atoms with Gasteiger partial charge in [-0.2, -0.15) is 0 Å². The van der Waals surface area contributed by atoms with Gasteiger partial charge in [-0.1, -0.05) is 26.3 Å². The van der Waals surface area contributed by atoms with E-state index in [0.29, 0.717) is 30.5 Å². The van der Waals surface area contributed by atoms with Gasteiger partial charge in [0.15, 0.2) is 5.78 Å². The smallest absolute Gasteiger partial charge is 0.155 e. The molecule has 1 N–H and O–H groups in total. The molecule has 3 heteroatoms. The summed E-state index contributed by atoms with van der Waals surface area (Å²) in [7, 11) is 0. The van der Waals surface area contributed by atoms with E-state index in [1.54, 1.807) is 0 Å². The van der Waals surface area contributed by atoms with Crippen LogP contribution in [-0.2, 0) is 9.59 Å². The van der Waals surface area contributed by atoms with Crippen LogP contribution in [0.3, 0.4) is 0 Å². The highest BCUT2D eigenvalue weighted by Gasteiger charge is 2.67. The highest BCUT2D eigenvalue weighted by molar-refractivity contribution is 5.94. The number of carbonyl (C=O) groups is 2. The Hall–Kier alpha value is -0.960. The van der Waals surface area contributed by atoms with Gasteiger partial charge in [0, 0.05) is 17.8 Å². The third-order valence-electron chi connectivity index (χ3n) is 7.66. The Morgan fingerprint density at radius 2 is 1.86 bits per heavy atom. The van der Waals surface area contributed by atoms with E-state index in [1.165, 1.54) is 5.57 Å². The molecule has 0 aliphatic heterocycles. The third-order valence-corrected chi connectivity index (χ3v) is 7.66. The van der Waals surface area contributed by atoms with Crippen molar-refractivity contribution in [2.24, 2.45) is 34.5 Å². The molecule has 0 bridgehead atoms. The van der Waals surface area contributed by atoms with Gasteiger partial charge < -0.3 is 5.11 Å². The van der Waals surface area contributed by atoms with Gasteiger partial charge in [0.2, 0.25) is 0 Å². The first-order chi connectivity index (χ1) is 10.3. The molecule has 3 saturated carbocycles. The molecule has 120 valence electrons. The number of hydrogen-bond donors (Lipinski definition) is 1. The predicted octanol–water partition coefficient (Wildman–Crippen LogP) is 2.91. The monoisotopic (exact) mass is 302 g/mol. The minimum Gasteiger partial charge on any atom is -0.393 e. The second-order valence-electron chi connectivity index (χ2n) is 8.65. The molecule has 0 radical (unpaired) electrons. The van der Waals surface area contributed by atoms with Crippen molar-refractivity contribution in [2.75, 3.05) is 0 Å². The van der Waals surface area contributed by atoms with Crippen molar-refractivity contribution in [3.63, 3.8) is 0 Å². The van der Waals surface area contributed by atoms with Crippen LogP contribution >= 0.6 is 0 Å². The summed E-state index contributed by atoms with van der Waals surface area (Å²) >= 11 is 0. The number of aliphatic hydroxyl groups is 1. The fourth-order valence-electron chi connectivity index (χ4n) is 6.74. The van der Waals surface area contributed by atoms with E-state index in [0.717, 1.165) is 19.3 Å². The summed E-state index contributed by atoms with van der Waals surface area (Å²) in [6, 6.07) is 0. The Bertz CT molecular complexity index is 591. The lowest BCUT2D eigenvalue weighted by Crippen LogP contribution is -2.67. The van der Waals surface area contributed by atoms with E-state index in [4.69, 9.17) is 0 Å². The molecule has 3 fully saturated rings. The van der Waals surface area contributed by atoms with Crippen LogP contribution in [0.5, 0.6) is 0 Å². The zero-order valence-electron chi connectivity index (χ0n) is 13.8. The van der Waals surface area contributed by atoms with Crippen LogP contribution < -0.4 is 0 Å². The van der Waals surface area contributed by atoms with E-state index in [1.807, 2.05) is 6.08 Å². The summed E-state index contributed by atoms with van der Waals surface area (Å²) < 4.78 is 0. The minimum atomic E-state index is -0.412. The summed E-state index contributed by atoms with van der Waals surface area (Å²) in [5.41, 5.74) is 0.906. The van der Waals surface area contributed by atoms with E-state index in [-0.39, 0.29) is 28.4 Å². The topological polar surface area (TPSA) is 54.4 Å². The molecule has 0 aromatic heterocycles. The molecule has 22 heavy (non-hydrogen) atoms. The summed E-state index contributed by atoms with van der Waals surface area (Å²) in [6.07, 6.45) is 5.50. The zero-order valence-corrected chi connectivity index (χ0v) is 13.8. The maximum Gasteiger partial charge on any atom is 0.155 e. The molecule has 7 atom stereocenters. The Morgan fingerprint density at radius 1 is 1.14 bits per heavy atom. The maximum atomic E-state index is 12.4. The molecule has 4 unspecified atom stereocenters. The van der Waals surface area contributed by atoms with E-state index >= 15 is 0 Å². The number of carbonyl (C=O) groups excluding carboxylic acids is 2. The second kappa shape index (κ2) is 4.31. The molecule has 4 aliphatic carbocycles. The van der Waals surface area contributed by atoms with Crippen LogP contribution in [-0.4, -0.2) is 22.8 Å². The highest BCUT2D eigenvalue weighted by Crippen LogP contribution is 2.67. The molecule has 3 nitrogen and oxygen atoms in total. The van der Waals surface area contributed by atoms with Crippen LogP contribution in [0.25, 0.3) is 0 Å². The van der Waals surface area contributed by atoms with Gasteiger partial charge in [0.25, 0.3) is 0 Å². The fraction of sp³-hybridized carbons (Fsp3) is 0.789. The minimum absolute atomic E-state index is 0.0457. The third kappa shape index (κ3) is 1.56. The number of ketones is 2. The lowest BCUT2D eigenvalue weighted by atomic mass is 9.38. The number of rotatable bonds is 0. The van der Waals surface area contributed by atoms with Gasteiger partial charge in [-0.3, -0.25) is 9.59 Å². The molecule has 0 heterocycles. The lowest BCUT2D eigenvalue weighted by Gasteiger charge is -2.65. The maximum absolute atomic E-state index is 12.4. The van der Waals surface area contributed by atoms with Gasteiger partial charge in [0.1, 0.15) is 5.78 Å². The van der Waals surface area contributed by atoms with Crippen molar-refractivity contribution >= 4 is 11.6 Å². The Kier molecular flexibility index (Phi) is 2.87. The van der Waals surface area contributed by atoms with Crippen molar-refractivity contribution in [1.82, 2.24) is 0 Å². The summed E-state index contributed by atoms with van der Waals surface area (Å²) in [6.45, 7) is 6.39. The first-order valence-corrected chi connectivity index (χ1v) is 8.75. The summed E-state index contributed by atoms with van der Waals surface area (Å²) in [5.74, 6) is 1.80. The molecule has 4 aliphatic rings. The van der Waals surface area contributed by atoms with Gasteiger partial charge in [-0.15, -0.1) is 0 Å². The number of Topliss-reactive ketones (excluding diaryl/α,β-unsaturated/α-hetero) is 1. The number of fused-ring (bicyclic) bond motifs is 5. The lowest BCUT2D eigenvalue weighted by molar-refractivity contribution is -0.196. The normalized spacial score (nSPS) is 53.8. The standard InChI is InChI=1S/C19H26O3/c1-10-15-13-5-4-11-8-12(20)6-7-18(11,2)16(13)14(21)9-19(15,3)17(10)22/h8,10,13-16,21H,4-7,9H2,1-3H3/t10?,13?,14-,15?,16?,18-,19-/m0/s1. The quantitative estimate of drug-likeness (QED) is 0.748. The van der Waals surface area contributed by atoms with Crippen molar-refractivity contribution in [1.29, 1.82) is 0 Å². The molecule has 0 amide bonds. The van der Waals surface area contributed by atoms with E-state index in [9.17, 15) is 14.7 Å². The molecular formula is C19H26O3. The van der Waals surface area contributed by atoms with Gasteiger partial charge in [-0.05, 0) is 54.9 Å². The van der Waals surface area contributed by atoms with Crippen LogP contribution in [0.15, 0.2) is 11.6 Å². The average molecular weight is 302 g/mol. The zero-order chi connectivity index (χ0) is 15.9. The molecule has 0 spiro atoms. The van der Waals surface area contributed by atoms with Crippen LogP contribution in [0, 0.1) is 34.5 Å². The Balaban J connectivity index is 1.75. The van der Waals surface area contributed by atoms with Crippen LogP contribution in [0.2, 0.25) is 0 Å². The molecule has 0 aromatic rings. The first-order valence-electron chi connectivity index (χ1n) is 8.75. The molecule has 0 aromatic carbocycles. The number of hydrogen-bond acceptors (Lipinski definition) is 3. The molecular weight excluding hydrogens is 276 g/mol. The van der Waals surface area contributed by atoms with Gasteiger partial charge in [0.05, 0.1) is 6.10 Å². The Morgan fingerprint density at radius 3 is 2.59 bits per heavy atom. The summed E-state index contributed by atoms with van der Waals surface area (Å²) in [4.78, 5) is 24.2. The Labute approximate surface area is 132 Å². The van der Waals surface area contributed by atoms with Crippen LogP contribution in [0.1, 0.15) is 52.9 Å². The predicted molar refractivity (Wildman–Crippen MR) is 83.0 cm³/mol. The first kappa shape index (κ1) is 14.6. The second-order valence-corrected chi connectivity index (χ2v) is 8.65. The SMILES string of the molecule is CC1C(=O)[C@@]2(C)C[C@H](O)C3C(CCC4=CC(=O)CC[C@@]43C)C12. The number of aliphatic hydroxyl groups excluding tert-OH is 1.